The van der Waals surface area contributed by atoms with Crippen molar-refractivity contribution in [2.75, 3.05) is 92.6 Å². The summed E-state index contributed by atoms with van der Waals surface area (Å²) in [6.45, 7) is 18.3. The van der Waals surface area contributed by atoms with Crippen molar-refractivity contribution < 1.29 is 45.7 Å². The van der Waals surface area contributed by atoms with Crippen molar-refractivity contribution in [1.82, 2.24) is 55.2 Å². The number of carbonyl (C=O) groups is 3. The number of β-amino-alcohol motifs (C(OH)–C–C–N with tert-alkyl or cyclic N) is 4. The monoisotopic (exact) mass is 1250 g/mol. The van der Waals surface area contributed by atoms with Crippen LogP contribution in [0.25, 0.3) is 0 Å². The van der Waals surface area contributed by atoms with E-state index in [1.165, 1.54) is 22.6 Å². The van der Waals surface area contributed by atoms with Gasteiger partial charge in [0.05, 0.1) is 31.8 Å². The molecule has 0 aliphatic carbocycles. The van der Waals surface area contributed by atoms with Gasteiger partial charge in [0.1, 0.15) is 28.0 Å². The van der Waals surface area contributed by atoms with Gasteiger partial charge in [-0.1, -0.05) is 30.6 Å². The number of aliphatic hydroxyl groups is 4. The number of aromatic nitrogens is 5. The van der Waals surface area contributed by atoms with Crippen LogP contribution < -0.4 is 10.6 Å². The van der Waals surface area contributed by atoms with E-state index in [4.69, 9.17) is 9.47 Å². The molecule has 20 nitrogen and oxygen atoms in total. The number of carbonyl (C=O) groups excluding carboxylic acids is 3. The van der Waals surface area contributed by atoms with E-state index in [2.05, 4.69) is 74.4 Å². The van der Waals surface area contributed by atoms with Gasteiger partial charge in [-0.2, -0.15) is 6.07 Å². The van der Waals surface area contributed by atoms with Gasteiger partial charge in [-0.3, -0.25) is 34.5 Å². The molecular formula is C57H81Br2MgN11O9. The predicted octanol–water partition coefficient (Wildman–Crippen LogP) is 5.11. The van der Waals surface area contributed by atoms with Crippen molar-refractivity contribution in [3.05, 3.63) is 150 Å². The van der Waals surface area contributed by atoms with Crippen LogP contribution in [-0.4, -0.2) is 215 Å². The maximum atomic E-state index is 11.7. The van der Waals surface area contributed by atoms with E-state index in [0.29, 0.717) is 32.1 Å². The zero-order chi connectivity index (χ0) is 57.0. The topological polar surface area (TPSA) is 252 Å². The number of hydrogen-bond donors (Lipinski definition) is 6. The van der Waals surface area contributed by atoms with Crippen LogP contribution in [0.4, 0.5) is 9.59 Å². The Morgan fingerprint density at radius 3 is 1.40 bits per heavy atom. The van der Waals surface area contributed by atoms with Gasteiger partial charge in [0.2, 0.25) is 0 Å². The van der Waals surface area contributed by atoms with Gasteiger partial charge in [-0.25, -0.2) is 21.7 Å². The Balaban J connectivity index is 0.000000328. The van der Waals surface area contributed by atoms with Crippen LogP contribution in [0.1, 0.15) is 72.5 Å². The number of hydrogen-bond acceptors (Lipinski definition) is 18. The molecule has 6 aliphatic heterocycles. The van der Waals surface area contributed by atoms with Gasteiger partial charge in [-0.15, -0.1) is 17.0 Å². The van der Waals surface area contributed by atoms with Crippen LogP contribution in [0.15, 0.2) is 127 Å². The van der Waals surface area contributed by atoms with Crippen LogP contribution >= 0.6 is 32.9 Å². The number of halogens is 2. The standard InChI is InChI=1S/C13H18N2O3.C9H18N2O.C9H12N2O.C8H10N2O.C8H13NO3.C5H4BrN.C5H4N.BrH.Mg.H/c1-12(2,3)18-11(16)15-8-13(17,9-15)10-5-4-6-14-7-10;2*1-11-6-9(12,7-11)8-3-2-4-10-5-8;11-8(5-10-6-8)7-2-1-3-9-4-7;1-8(2,3)12-7(11)9-4-6(10)5-9;6-5-2-1-3-7-4-5;1-2-4-6-5-3-1;;;/h4-7,17H,8-9H2,1-3H3;8,10,12H,2-7H2,1H3;2-5,12H,6-7H2,1H3;1-4,10-11H,5-6H2;4-5H2,1-3H3;1-4H;1-2,4-5H;1H;;/q;;;;;;-1;;+2;-1. The zero-order valence-corrected chi connectivity index (χ0v) is 52.1. The molecule has 23 heteroatoms. The molecule has 0 radical (unpaired) electrons. The molecule has 0 spiro atoms. The predicted molar refractivity (Wildman–Crippen MR) is 316 cm³/mol. The van der Waals surface area contributed by atoms with Crippen LogP contribution in [0.5, 0.6) is 0 Å². The summed E-state index contributed by atoms with van der Waals surface area (Å²) in [6, 6.07) is 21.3. The number of ketones is 1. The van der Waals surface area contributed by atoms with Crippen molar-refractivity contribution in [2.45, 2.75) is 88.0 Å². The normalized spacial score (nSPS) is 19.6. The summed E-state index contributed by atoms with van der Waals surface area (Å²) in [5, 5.41) is 46.5. The average Bonchev–Trinajstić information content (AvgIpc) is 3.37. The summed E-state index contributed by atoms with van der Waals surface area (Å²) < 4.78 is 11.3. The number of nitrogens with zero attached hydrogens (tertiary/aromatic N) is 9. The molecule has 6 aliphatic rings. The largest absolute Gasteiger partial charge is 2.00 e. The van der Waals surface area contributed by atoms with E-state index in [0.717, 1.165) is 47.3 Å². The molecule has 434 valence electrons. The first-order chi connectivity index (χ1) is 36.8. The van der Waals surface area contributed by atoms with E-state index < -0.39 is 40.2 Å². The molecule has 0 bridgehead atoms. The van der Waals surface area contributed by atoms with Crippen LogP contribution in [0.2, 0.25) is 0 Å². The fraction of sp³-hybridized carbons (Fsp3) is 0.509. The first kappa shape index (κ1) is 69.6. The number of pyridine rings is 5. The maximum absolute atomic E-state index is 11.7. The summed E-state index contributed by atoms with van der Waals surface area (Å²) in [6.07, 6.45) is 18.6. The van der Waals surface area contributed by atoms with Crippen LogP contribution in [0.3, 0.4) is 0 Å². The molecule has 80 heavy (non-hydrogen) atoms. The smallest absolute Gasteiger partial charge is 1.00 e. The van der Waals surface area contributed by atoms with Gasteiger partial charge in [0, 0.05) is 122 Å². The van der Waals surface area contributed by atoms with Crippen molar-refractivity contribution >= 4 is 73.9 Å². The van der Waals surface area contributed by atoms with E-state index in [1.807, 2.05) is 76.3 Å². The van der Waals surface area contributed by atoms with Gasteiger partial charge >= 0.3 is 35.2 Å². The molecule has 1 unspecified atom stereocenters. The van der Waals surface area contributed by atoms with Crippen molar-refractivity contribution in [1.29, 1.82) is 0 Å². The third-order valence-corrected chi connectivity index (χ3v) is 13.2. The summed E-state index contributed by atoms with van der Waals surface area (Å²) in [5.74, 6) is 0.573. The Bertz CT molecular complexity index is 2530. The van der Waals surface area contributed by atoms with E-state index in [-0.39, 0.29) is 79.0 Å². The summed E-state index contributed by atoms with van der Waals surface area (Å²) >= 11 is 3.25. The fourth-order valence-electron chi connectivity index (χ4n) is 8.64. The van der Waals surface area contributed by atoms with Crippen molar-refractivity contribution in [2.24, 2.45) is 5.92 Å². The first-order valence-corrected chi connectivity index (χ1v) is 26.8. The number of nitrogens with one attached hydrogen (secondary N) is 2. The molecule has 0 aromatic carbocycles. The number of likely N-dealkylation sites (N-methyl/N-ethyl adjacent to an activating group) is 2. The van der Waals surface area contributed by atoms with Crippen molar-refractivity contribution in [3.63, 3.8) is 0 Å². The number of amides is 2. The Labute approximate surface area is 508 Å². The molecule has 5 aromatic heterocycles. The van der Waals surface area contributed by atoms with Crippen molar-refractivity contribution in [3.8, 4) is 0 Å². The molecule has 11 heterocycles. The number of likely N-dealkylation sites (tertiary alicyclic amines) is 4. The molecule has 0 saturated carbocycles. The Kier molecular flexibility index (Phi) is 28.1. The number of piperidine rings is 1. The average molecular weight is 1250 g/mol. The molecule has 6 fully saturated rings. The van der Waals surface area contributed by atoms with Gasteiger partial charge < -0.3 is 56.7 Å². The van der Waals surface area contributed by atoms with Crippen LogP contribution in [-0.2, 0) is 31.1 Å². The van der Waals surface area contributed by atoms with E-state index >= 15 is 0 Å². The SMILES string of the molecule is Br.Brc1cccnc1.CC(C)(C)OC(=O)N1CC(=O)C1.CC(C)(C)OC(=O)N1CC(O)(c2cccnc2)C1.CN1CC(O)(C2CCCNC2)C1.CN1CC(O)(c2cccnc2)C1.OC1(c2cccnc2)CNC1.[H-].[Mg+2].[c-]1cccnc1. The summed E-state index contributed by atoms with van der Waals surface area (Å²) in [4.78, 5) is 60.0. The molecular weight excluding hydrogens is 1170 g/mol. The fourth-order valence-corrected chi connectivity index (χ4v) is 8.92. The Hall–Kier alpha value is -4.63. The summed E-state index contributed by atoms with van der Waals surface area (Å²) in [7, 11) is 4.05. The summed E-state index contributed by atoms with van der Waals surface area (Å²) in [5.41, 5.74) is -1.12. The Morgan fingerprint density at radius 1 is 0.650 bits per heavy atom. The second kappa shape index (κ2) is 32.3. The zero-order valence-electron chi connectivity index (χ0n) is 48.4. The van der Waals surface area contributed by atoms with E-state index in [1.54, 1.807) is 94.9 Å². The minimum Gasteiger partial charge on any atom is -1.00 e. The number of Topliss-reactive ketones (excluding diaryl/α,β-unsaturated/α-hetero) is 1. The maximum Gasteiger partial charge on any atom is 2.00 e. The molecule has 11 rings (SSSR count). The third-order valence-electron chi connectivity index (χ3n) is 12.7. The third kappa shape index (κ3) is 23.0. The minimum absolute atomic E-state index is 0. The minimum atomic E-state index is -0.995. The van der Waals surface area contributed by atoms with Gasteiger partial charge in [0.15, 0.2) is 5.78 Å². The molecule has 6 saturated heterocycles. The second-order valence-electron chi connectivity index (χ2n) is 22.3. The van der Waals surface area contributed by atoms with Gasteiger partial charge in [0.25, 0.3) is 0 Å². The number of rotatable bonds is 4. The molecule has 6 N–H and O–H groups in total. The second-order valence-corrected chi connectivity index (χ2v) is 23.2. The molecule has 5 aromatic rings. The van der Waals surface area contributed by atoms with Crippen LogP contribution in [0, 0.1) is 12.0 Å². The quantitative estimate of drug-likeness (QED) is 0.101. The Morgan fingerprint density at radius 2 is 1.10 bits per heavy atom. The van der Waals surface area contributed by atoms with E-state index in [9.17, 15) is 34.8 Å². The van der Waals surface area contributed by atoms with Gasteiger partial charge in [-0.05, 0) is 121 Å². The molecule has 2 amide bonds. The number of ether oxygens (including phenoxy) is 2. The molecule has 1 atom stereocenters. The first-order valence-electron chi connectivity index (χ1n) is 26.0.